The van der Waals surface area contributed by atoms with Crippen molar-refractivity contribution in [1.29, 1.82) is 5.26 Å². The first kappa shape index (κ1) is 11.7. The minimum absolute atomic E-state index is 0.519. The molecule has 0 radical (unpaired) electrons. The van der Waals surface area contributed by atoms with Crippen LogP contribution in [0.4, 0.5) is 5.69 Å². The van der Waals surface area contributed by atoms with Crippen molar-refractivity contribution >= 4 is 51.6 Å². The molecule has 16 heavy (non-hydrogen) atoms. The van der Waals surface area contributed by atoms with E-state index in [4.69, 9.17) is 34.2 Å². The first-order valence-corrected chi connectivity index (χ1v) is 6.67. The zero-order valence-corrected chi connectivity index (χ0v) is 11.3. The van der Waals surface area contributed by atoms with Gasteiger partial charge in [-0.1, -0.05) is 23.2 Å². The predicted molar refractivity (Wildman–Crippen MR) is 71.5 cm³/mol. The number of rotatable bonds is 1. The van der Waals surface area contributed by atoms with Gasteiger partial charge in [0.15, 0.2) is 0 Å². The maximum Gasteiger partial charge on any atom is 0.128 e. The third kappa shape index (κ3) is 1.80. The number of nitrogen functional groups attached to an aromatic ring is 1. The molecule has 0 saturated heterocycles. The molecule has 2 N–H and O–H groups in total. The van der Waals surface area contributed by atoms with Crippen molar-refractivity contribution in [1.82, 2.24) is 0 Å². The summed E-state index contributed by atoms with van der Waals surface area (Å²) < 4.78 is 1.25. The van der Waals surface area contributed by atoms with Crippen molar-refractivity contribution < 1.29 is 0 Å². The first-order chi connectivity index (χ1) is 7.54. The molecule has 0 unspecified atom stereocenters. The largest absolute Gasteiger partial charge is 0.397 e. The SMILES string of the molecule is Cc1c(-c2cc(Cl)sc2Cl)sc(C#N)c1N. The van der Waals surface area contributed by atoms with Crippen LogP contribution in [0.15, 0.2) is 6.07 Å². The second kappa shape index (κ2) is 4.27. The van der Waals surface area contributed by atoms with E-state index in [1.54, 1.807) is 6.07 Å². The molecular formula is C10H6Cl2N2S2. The summed E-state index contributed by atoms with van der Waals surface area (Å²) in [7, 11) is 0. The van der Waals surface area contributed by atoms with E-state index in [0.717, 1.165) is 16.0 Å². The summed E-state index contributed by atoms with van der Waals surface area (Å²) in [5.74, 6) is 0. The molecule has 0 aliphatic rings. The fourth-order valence-corrected chi connectivity index (χ4v) is 4.01. The molecular weight excluding hydrogens is 283 g/mol. The number of anilines is 1. The fraction of sp³-hybridized carbons (Fsp3) is 0.100. The van der Waals surface area contributed by atoms with Gasteiger partial charge in [0.05, 0.1) is 10.0 Å². The topological polar surface area (TPSA) is 49.8 Å². The van der Waals surface area contributed by atoms with Crippen molar-refractivity contribution in [3.63, 3.8) is 0 Å². The molecule has 0 aliphatic heterocycles. The Labute approximate surface area is 111 Å². The second-order valence-electron chi connectivity index (χ2n) is 3.15. The highest BCUT2D eigenvalue weighted by Gasteiger charge is 2.17. The lowest BCUT2D eigenvalue weighted by molar-refractivity contribution is 1.50. The predicted octanol–water partition coefficient (Wildman–Crippen LogP) is 4.55. The average molecular weight is 289 g/mol. The number of halogens is 2. The summed E-state index contributed by atoms with van der Waals surface area (Å²) in [4.78, 5) is 1.44. The molecule has 0 amide bonds. The Morgan fingerprint density at radius 3 is 2.50 bits per heavy atom. The highest BCUT2D eigenvalue weighted by Crippen LogP contribution is 2.44. The standard InChI is InChI=1S/C10H6Cl2N2S2/c1-4-8(14)6(3-13)15-9(4)5-2-7(11)16-10(5)12/h2H,14H2,1H3. The smallest absolute Gasteiger partial charge is 0.128 e. The Bertz CT molecular complexity index is 593. The molecule has 0 aliphatic carbocycles. The summed E-state index contributed by atoms with van der Waals surface area (Å²) in [6, 6.07) is 3.87. The zero-order chi connectivity index (χ0) is 11.9. The Morgan fingerprint density at radius 2 is 2.06 bits per heavy atom. The summed E-state index contributed by atoms with van der Waals surface area (Å²) in [5.41, 5.74) is 8.09. The molecule has 2 aromatic heterocycles. The zero-order valence-electron chi connectivity index (χ0n) is 8.17. The fourth-order valence-electron chi connectivity index (χ4n) is 1.36. The summed E-state index contributed by atoms with van der Waals surface area (Å²) in [6.07, 6.45) is 0. The maximum atomic E-state index is 8.90. The van der Waals surface area contributed by atoms with Gasteiger partial charge in [0.25, 0.3) is 0 Å². The van der Waals surface area contributed by atoms with Crippen LogP contribution in [0.25, 0.3) is 10.4 Å². The number of nitrogens with zero attached hydrogens (tertiary/aromatic N) is 1. The summed E-state index contributed by atoms with van der Waals surface area (Å²) in [5, 5.41) is 8.90. The number of thiophene rings is 2. The summed E-state index contributed by atoms with van der Waals surface area (Å²) in [6.45, 7) is 1.88. The van der Waals surface area contributed by atoms with Crippen molar-refractivity contribution in [2.75, 3.05) is 5.73 Å². The summed E-state index contributed by atoms with van der Waals surface area (Å²) >= 11 is 14.6. The molecule has 0 fully saturated rings. The van der Waals surface area contributed by atoms with E-state index in [9.17, 15) is 0 Å². The van der Waals surface area contributed by atoms with Crippen LogP contribution in [-0.4, -0.2) is 0 Å². The van der Waals surface area contributed by atoms with Gasteiger partial charge in [0.2, 0.25) is 0 Å². The van der Waals surface area contributed by atoms with Crippen LogP contribution in [0, 0.1) is 18.3 Å². The van der Waals surface area contributed by atoms with Crippen LogP contribution < -0.4 is 5.73 Å². The van der Waals surface area contributed by atoms with Gasteiger partial charge in [-0.2, -0.15) is 5.26 Å². The first-order valence-electron chi connectivity index (χ1n) is 4.28. The van der Waals surface area contributed by atoms with Gasteiger partial charge in [-0.3, -0.25) is 0 Å². The minimum atomic E-state index is 0.519. The molecule has 2 rings (SSSR count). The van der Waals surface area contributed by atoms with Crippen LogP contribution >= 0.6 is 45.9 Å². The quantitative estimate of drug-likeness (QED) is 0.837. The molecule has 0 bridgehead atoms. The van der Waals surface area contributed by atoms with E-state index in [-0.39, 0.29) is 0 Å². The van der Waals surface area contributed by atoms with Crippen LogP contribution in [0.1, 0.15) is 10.4 Å². The van der Waals surface area contributed by atoms with Gasteiger partial charge < -0.3 is 5.73 Å². The van der Waals surface area contributed by atoms with Crippen LogP contribution in [-0.2, 0) is 0 Å². The Morgan fingerprint density at radius 1 is 1.38 bits per heavy atom. The highest BCUT2D eigenvalue weighted by atomic mass is 35.5. The minimum Gasteiger partial charge on any atom is -0.397 e. The van der Waals surface area contributed by atoms with Gasteiger partial charge in [-0.05, 0) is 18.6 Å². The van der Waals surface area contributed by atoms with E-state index in [0.29, 0.717) is 19.2 Å². The molecule has 2 aromatic rings. The van der Waals surface area contributed by atoms with E-state index in [1.807, 2.05) is 6.92 Å². The van der Waals surface area contributed by atoms with Gasteiger partial charge in [0.1, 0.15) is 15.3 Å². The normalized spacial score (nSPS) is 10.4. The molecule has 0 atom stereocenters. The second-order valence-corrected chi connectivity index (χ2v) is 6.45. The number of hydrogen-bond acceptors (Lipinski definition) is 4. The molecule has 2 nitrogen and oxygen atoms in total. The molecule has 82 valence electrons. The number of hydrogen-bond donors (Lipinski definition) is 1. The van der Waals surface area contributed by atoms with Crippen molar-refractivity contribution in [2.45, 2.75) is 6.92 Å². The van der Waals surface area contributed by atoms with Crippen LogP contribution in [0.5, 0.6) is 0 Å². The number of nitrogens with two attached hydrogens (primary N) is 1. The highest BCUT2D eigenvalue weighted by molar-refractivity contribution is 7.21. The molecule has 6 heteroatoms. The third-order valence-corrected chi connectivity index (χ3v) is 4.93. The van der Waals surface area contributed by atoms with Crippen LogP contribution in [0.3, 0.4) is 0 Å². The van der Waals surface area contributed by atoms with E-state index in [1.165, 1.54) is 22.7 Å². The van der Waals surface area contributed by atoms with Crippen molar-refractivity contribution in [3.05, 3.63) is 25.2 Å². The Hall–Kier alpha value is -0.730. The van der Waals surface area contributed by atoms with E-state index < -0.39 is 0 Å². The number of nitriles is 1. The van der Waals surface area contributed by atoms with Gasteiger partial charge in [-0.25, -0.2) is 0 Å². The van der Waals surface area contributed by atoms with E-state index >= 15 is 0 Å². The molecule has 0 spiro atoms. The average Bonchev–Trinajstić information content (AvgIpc) is 2.70. The Balaban J connectivity index is 2.66. The van der Waals surface area contributed by atoms with E-state index in [2.05, 4.69) is 6.07 Å². The lowest BCUT2D eigenvalue weighted by atomic mass is 10.1. The molecule has 0 saturated carbocycles. The maximum absolute atomic E-state index is 8.90. The van der Waals surface area contributed by atoms with Gasteiger partial charge in [0, 0.05) is 10.4 Å². The van der Waals surface area contributed by atoms with Crippen LogP contribution in [0.2, 0.25) is 8.67 Å². The van der Waals surface area contributed by atoms with Gasteiger partial charge >= 0.3 is 0 Å². The molecule has 0 aromatic carbocycles. The monoisotopic (exact) mass is 288 g/mol. The molecule has 2 heterocycles. The lowest BCUT2D eigenvalue weighted by Gasteiger charge is -1.96. The lowest BCUT2D eigenvalue weighted by Crippen LogP contribution is -1.87. The third-order valence-electron chi connectivity index (χ3n) is 2.20. The van der Waals surface area contributed by atoms with Crippen molar-refractivity contribution in [3.8, 4) is 16.5 Å². The Kier molecular flexibility index (Phi) is 3.13. The van der Waals surface area contributed by atoms with Gasteiger partial charge in [-0.15, -0.1) is 22.7 Å². The van der Waals surface area contributed by atoms with Crippen molar-refractivity contribution in [2.24, 2.45) is 0 Å².